The van der Waals surface area contributed by atoms with E-state index in [1.807, 2.05) is 24.1 Å². The zero-order valence-electron chi connectivity index (χ0n) is 14.5. The molecule has 1 aliphatic heterocycles. The van der Waals surface area contributed by atoms with Crippen molar-refractivity contribution >= 4 is 0 Å². The molecule has 0 amide bonds. The Bertz CT molecular complexity index is 639. The molecule has 0 saturated carbocycles. The lowest BCUT2D eigenvalue weighted by atomic mass is 9.89. The third-order valence-electron chi connectivity index (χ3n) is 4.46. The molecule has 0 aromatic carbocycles. The molecule has 2 aromatic rings. The van der Waals surface area contributed by atoms with Crippen LogP contribution in [0, 0.1) is 5.92 Å². The van der Waals surface area contributed by atoms with Crippen LogP contribution in [-0.2, 0) is 23.7 Å². The van der Waals surface area contributed by atoms with Gasteiger partial charge in [0.25, 0.3) is 0 Å². The van der Waals surface area contributed by atoms with Crippen LogP contribution in [0.3, 0.4) is 0 Å². The lowest BCUT2D eigenvalue weighted by Gasteiger charge is -2.20. The summed E-state index contributed by atoms with van der Waals surface area (Å²) in [4.78, 5) is 0. The molecule has 0 unspecified atom stereocenters. The van der Waals surface area contributed by atoms with Crippen LogP contribution in [0.5, 0.6) is 0 Å². The van der Waals surface area contributed by atoms with Crippen molar-refractivity contribution in [3.63, 3.8) is 0 Å². The van der Waals surface area contributed by atoms with E-state index in [1.165, 1.54) is 16.8 Å². The quantitative estimate of drug-likeness (QED) is 0.888. The highest BCUT2D eigenvalue weighted by molar-refractivity contribution is 5.23. The molecule has 2 atom stereocenters. The van der Waals surface area contributed by atoms with Crippen LogP contribution < -0.4 is 5.32 Å². The van der Waals surface area contributed by atoms with Gasteiger partial charge in [0.1, 0.15) is 0 Å². The van der Waals surface area contributed by atoms with Crippen LogP contribution in [0.4, 0.5) is 0 Å². The summed E-state index contributed by atoms with van der Waals surface area (Å²) in [5.74, 6) is 0.490. The second-order valence-electron chi connectivity index (χ2n) is 7.44. The van der Waals surface area contributed by atoms with Crippen LogP contribution in [0.25, 0.3) is 0 Å². The summed E-state index contributed by atoms with van der Waals surface area (Å²) in [6, 6.07) is 0. The molecule has 0 spiro atoms. The van der Waals surface area contributed by atoms with E-state index >= 15 is 0 Å². The minimum Gasteiger partial charge on any atom is -0.373 e. The van der Waals surface area contributed by atoms with Gasteiger partial charge in [-0.05, 0) is 6.42 Å². The Labute approximate surface area is 137 Å². The van der Waals surface area contributed by atoms with E-state index in [-0.39, 0.29) is 11.5 Å². The Morgan fingerprint density at radius 2 is 2.22 bits per heavy atom. The van der Waals surface area contributed by atoms with Gasteiger partial charge in [-0.3, -0.25) is 9.78 Å². The Morgan fingerprint density at radius 3 is 2.91 bits per heavy atom. The first-order valence-electron chi connectivity index (χ1n) is 8.28. The van der Waals surface area contributed by atoms with Crippen molar-refractivity contribution in [2.45, 2.75) is 45.3 Å². The Hall–Kier alpha value is -1.66. The first kappa shape index (κ1) is 16.2. The Morgan fingerprint density at radius 1 is 1.39 bits per heavy atom. The van der Waals surface area contributed by atoms with Gasteiger partial charge in [0, 0.05) is 61.1 Å². The van der Waals surface area contributed by atoms with Crippen LogP contribution in [-0.4, -0.2) is 33.1 Å². The molecule has 6 nitrogen and oxygen atoms in total. The molecule has 0 aliphatic carbocycles. The minimum atomic E-state index is 0.0855. The molecule has 126 valence electrons. The number of nitrogens with one attached hydrogen (secondary N) is 2. The minimum absolute atomic E-state index is 0.0855. The number of aromatic amines is 1. The predicted octanol–water partition coefficient (Wildman–Crippen LogP) is 2.31. The number of ether oxygens (including phenoxy) is 1. The van der Waals surface area contributed by atoms with Gasteiger partial charge in [-0.1, -0.05) is 20.8 Å². The maximum atomic E-state index is 5.92. The second-order valence-corrected chi connectivity index (χ2v) is 7.44. The summed E-state index contributed by atoms with van der Waals surface area (Å²) in [6.45, 7) is 9.20. The number of H-pyrrole nitrogens is 1. The van der Waals surface area contributed by atoms with Crippen molar-refractivity contribution in [2.24, 2.45) is 13.0 Å². The highest BCUT2D eigenvalue weighted by Gasteiger charge is 2.30. The van der Waals surface area contributed by atoms with Gasteiger partial charge >= 0.3 is 0 Å². The van der Waals surface area contributed by atoms with Gasteiger partial charge in [-0.15, -0.1) is 0 Å². The normalized spacial score (nSPS) is 21.9. The van der Waals surface area contributed by atoms with E-state index in [4.69, 9.17) is 4.74 Å². The first-order chi connectivity index (χ1) is 10.9. The average Bonchev–Trinajstić information content (AvgIpc) is 3.17. The summed E-state index contributed by atoms with van der Waals surface area (Å²) < 4.78 is 7.75. The molecule has 6 heteroatoms. The van der Waals surface area contributed by atoms with Gasteiger partial charge in [-0.25, -0.2) is 0 Å². The zero-order valence-corrected chi connectivity index (χ0v) is 14.5. The molecule has 2 aromatic heterocycles. The lowest BCUT2D eigenvalue weighted by molar-refractivity contribution is 0.0904. The number of hydrogen-bond donors (Lipinski definition) is 2. The van der Waals surface area contributed by atoms with E-state index in [9.17, 15) is 0 Å². The van der Waals surface area contributed by atoms with E-state index < -0.39 is 0 Å². The molecule has 3 heterocycles. The predicted molar refractivity (Wildman–Crippen MR) is 89.0 cm³/mol. The van der Waals surface area contributed by atoms with Crippen LogP contribution in [0.2, 0.25) is 0 Å². The van der Waals surface area contributed by atoms with Crippen molar-refractivity contribution in [3.8, 4) is 0 Å². The Balaban J connectivity index is 1.57. The molecule has 0 radical (unpaired) electrons. The maximum absolute atomic E-state index is 5.92. The van der Waals surface area contributed by atoms with Gasteiger partial charge in [0.15, 0.2) is 0 Å². The molecule has 2 N–H and O–H groups in total. The first-order valence-corrected chi connectivity index (χ1v) is 8.28. The second kappa shape index (κ2) is 6.45. The van der Waals surface area contributed by atoms with E-state index in [0.29, 0.717) is 5.92 Å². The standard InChI is InChI=1S/C17H27N5O/c1-17(2,3)16-13(9-19-21-16)8-18-7-12-5-6-23-15(12)14-10-20-22(4)11-14/h9-12,15,18H,5-8H2,1-4H3,(H,19,21)/t12-,15-/m0/s1. The summed E-state index contributed by atoms with van der Waals surface area (Å²) in [5, 5.41) is 15.2. The number of hydrogen-bond acceptors (Lipinski definition) is 4. The van der Waals surface area contributed by atoms with Crippen molar-refractivity contribution < 1.29 is 4.74 Å². The fourth-order valence-corrected chi connectivity index (χ4v) is 3.29. The molecule has 1 aliphatic rings. The zero-order chi connectivity index (χ0) is 16.4. The monoisotopic (exact) mass is 317 g/mol. The average molecular weight is 317 g/mol. The molecular weight excluding hydrogens is 290 g/mol. The van der Waals surface area contributed by atoms with Gasteiger partial charge < -0.3 is 10.1 Å². The molecule has 0 bridgehead atoms. The smallest absolute Gasteiger partial charge is 0.0896 e. The van der Waals surface area contributed by atoms with E-state index in [2.05, 4.69) is 47.6 Å². The number of rotatable bonds is 5. The molecule has 1 fully saturated rings. The third kappa shape index (κ3) is 3.64. The fraction of sp³-hybridized carbons (Fsp3) is 0.647. The molecule has 1 saturated heterocycles. The highest BCUT2D eigenvalue weighted by atomic mass is 16.5. The summed E-state index contributed by atoms with van der Waals surface area (Å²) >= 11 is 0. The summed E-state index contributed by atoms with van der Waals surface area (Å²) in [6.07, 6.45) is 7.14. The van der Waals surface area contributed by atoms with Gasteiger partial charge in [-0.2, -0.15) is 10.2 Å². The van der Waals surface area contributed by atoms with Gasteiger partial charge in [0.2, 0.25) is 0 Å². The maximum Gasteiger partial charge on any atom is 0.0896 e. The lowest BCUT2D eigenvalue weighted by Crippen LogP contribution is -2.25. The number of nitrogens with zero attached hydrogens (tertiary/aromatic N) is 3. The summed E-state index contributed by atoms with van der Waals surface area (Å²) in [7, 11) is 1.94. The number of aryl methyl sites for hydroxylation is 1. The van der Waals surface area contributed by atoms with Crippen LogP contribution in [0.1, 0.15) is 50.1 Å². The molecule has 23 heavy (non-hydrogen) atoms. The Kier molecular flexibility index (Phi) is 4.55. The van der Waals surface area contributed by atoms with Crippen molar-refractivity contribution in [1.29, 1.82) is 0 Å². The largest absolute Gasteiger partial charge is 0.373 e. The fourth-order valence-electron chi connectivity index (χ4n) is 3.29. The van der Waals surface area contributed by atoms with Crippen molar-refractivity contribution in [2.75, 3.05) is 13.2 Å². The van der Waals surface area contributed by atoms with Crippen molar-refractivity contribution in [1.82, 2.24) is 25.3 Å². The third-order valence-corrected chi connectivity index (χ3v) is 4.46. The van der Waals surface area contributed by atoms with E-state index in [1.54, 1.807) is 0 Å². The highest BCUT2D eigenvalue weighted by Crippen LogP contribution is 2.33. The summed E-state index contributed by atoms with van der Waals surface area (Å²) in [5.41, 5.74) is 3.71. The molecule has 3 rings (SSSR count). The topological polar surface area (TPSA) is 67.8 Å². The molecular formula is C17H27N5O. The van der Waals surface area contributed by atoms with Crippen LogP contribution >= 0.6 is 0 Å². The van der Waals surface area contributed by atoms with Crippen molar-refractivity contribution in [3.05, 3.63) is 35.4 Å². The SMILES string of the molecule is Cn1cc([C@H]2OCC[C@H]2CNCc2cn[nH]c2C(C)(C)C)cn1. The van der Waals surface area contributed by atoms with E-state index in [0.717, 1.165) is 26.1 Å². The number of aromatic nitrogens is 4. The van der Waals surface area contributed by atoms with Gasteiger partial charge in [0.05, 0.1) is 18.5 Å². The van der Waals surface area contributed by atoms with Crippen LogP contribution in [0.15, 0.2) is 18.6 Å².